The minimum absolute atomic E-state index is 0.0118. The molecule has 108 valence electrons. The van der Waals surface area contributed by atoms with E-state index in [0.29, 0.717) is 20.5 Å². The first-order valence-corrected chi connectivity index (χ1v) is 8.40. The molecule has 0 unspecified atom stereocenters. The standard InChI is InChI=1S/C10H10Br2N4O3S/c1-16-9(14-5-15-16)4-19-10-7(11)2-6(3-8(10)12)20(13,17)18/h2-3,5H,4H2,1H3,(H2,13,17,18). The van der Waals surface area contributed by atoms with E-state index in [1.807, 2.05) is 0 Å². The lowest BCUT2D eigenvalue weighted by atomic mass is 10.3. The molecule has 2 aromatic rings. The zero-order chi connectivity index (χ0) is 14.9. The Labute approximate surface area is 132 Å². The van der Waals surface area contributed by atoms with Gasteiger partial charge in [-0.2, -0.15) is 5.10 Å². The molecule has 1 aromatic heterocycles. The minimum atomic E-state index is -3.77. The Morgan fingerprint density at radius 2 is 1.95 bits per heavy atom. The molecule has 0 saturated heterocycles. The van der Waals surface area contributed by atoms with Crippen molar-refractivity contribution < 1.29 is 13.2 Å². The van der Waals surface area contributed by atoms with Gasteiger partial charge in [-0.25, -0.2) is 18.5 Å². The summed E-state index contributed by atoms with van der Waals surface area (Å²) >= 11 is 6.51. The first-order chi connectivity index (χ1) is 9.29. The van der Waals surface area contributed by atoms with Gasteiger partial charge in [0.1, 0.15) is 18.7 Å². The molecule has 0 fully saturated rings. The molecule has 20 heavy (non-hydrogen) atoms. The van der Waals surface area contributed by atoms with E-state index in [-0.39, 0.29) is 11.5 Å². The number of hydrogen-bond donors (Lipinski definition) is 1. The Hall–Kier alpha value is -0.970. The lowest BCUT2D eigenvalue weighted by molar-refractivity contribution is 0.286. The van der Waals surface area contributed by atoms with Crippen LogP contribution >= 0.6 is 31.9 Å². The number of nitrogens with zero attached hydrogens (tertiary/aromatic N) is 3. The third-order valence-corrected chi connectivity index (χ3v) is 4.52. The van der Waals surface area contributed by atoms with Gasteiger partial charge in [-0.05, 0) is 44.0 Å². The molecule has 0 amide bonds. The van der Waals surface area contributed by atoms with E-state index in [1.165, 1.54) is 18.5 Å². The predicted octanol–water partition coefficient (Wildman–Crippen LogP) is 1.57. The highest BCUT2D eigenvalue weighted by Crippen LogP contribution is 2.36. The molecule has 0 radical (unpaired) electrons. The second kappa shape index (κ2) is 5.80. The fourth-order valence-corrected chi connectivity index (χ4v) is 3.71. The summed E-state index contributed by atoms with van der Waals surface area (Å²) in [6, 6.07) is 2.76. The summed E-state index contributed by atoms with van der Waals surface area (Å²) in [4.78, 5) is 4.02. The summed E-state index contributed by atoms with van der Waals surface area (Å²) in [6.45, 7) is 0.197. The van der Waals surface area contributed by atoms with Crippen molar-refractivity contribution >= 4 is 41.9 Å². The molecule has 1 aromatic carbocycles. The predicted molar refractivity (Wildman–Crippen MR) is 78.6 cm³/mol. The fraction of sp³-hybridized carbons (Fsp3) is 0.200. The van der Waals surface area contributed by atoms with Gasteiger partial charge in [-0.3, -0.25) is 4.68 Å². The van der Waals surface area contributed by atoms with E-state index in [0.717, 1.165) is 0 Å². The molecule has 0 spiro atoms. The van der Waals surface area contributed by atoms with Crippen LogP contribution < -0.4 is 9.88 Å². The van der Waals surface area contributed by atoms with Gasteiger partial charge in [-0.15, -0.1) is 0 Å². The van der Waals surface area contributed by atoms with Crippen LogP contribution in [0.4, 0.5) is 0 Å². The maximum atomic E-state index is 11.3. The Balaban J connectivity index is 2.27. The van der Waals surface area contributed by atoms with Gasteiger partial charge in [0.25, 0.3) is 0 Å². The monoisotopic (exact) mass is 424 g/mol. The second-order valence-corrected chi connectivity index (χ2v) is 7.12. The lowest BCUT2D eigenvalue weighted by Crippen LogP contribution is -2.12. The number of hydrogen-bond acceptors (Lipinski definition) is 5. The SMILES string of the molecule is Cn1ncnc1COc1c(Br)cc(S(N)(=O)=O)cc1Br. The molecule has 0 aliphatic rings. The van der Waals surface area contributed by atoms with Crippen molar-refractivity contribution in [1.82, 2.24) is 14.8 Å². The van der Waals surface area contributed by atoms with Crippen LogP contribution in [0.3, 0.4) is 0 Å². The summed E-state index contributed by atoms with van der Waals surface area (Å²) in [7, 11) is -2.02. The van der Waals surface area contributed by atoms with Crippen LogP contribution in [0, 0.1) is 0 Å². The van der Waals surface area contributed by atoms with Crippen LogP contribution in [0.2, 0.25) is 0 Å². The van der Waals surface area contributed by atoms with Crippen molar-refractivity contribution in [2.75, 3.05) is 0 Å². The van der Waals surface area contributed by atoms with Crippen molar-refractivity contribution in [3.8, 4) is 5.75 Å². The van der Waals surface area contributed by atoms with Gasteiger partial charge in [0, 0.05) is 7.05 Å². The van der Waals surface area contributed by atoms with Gasteiger partial charge < -0.3 is 4.74 Å². The van der Waals surface area contributed by atoms with E-state index >= 15 is 0 Å². The van der Waals surface area contributed by atoms with E-state index < -0.39 is 10.0 Å². The van der Waals surface area contributed by atoms with E-state index in [1.54, 1.807) is 11.7 Å². The number of nitrogens with two attached hydrogens (primary N) is 1. The lowest BCUT2D eigenvalue weighted by Gasteiger charge is -2.11. The minimum Gasteiger partial charge on any atom is -0.483 e. The molecular formula is C10H10Br2N4O3S. The van der Waals surface area contributed by atoms with Gasteiger partial charge >= 0.3 is 0 Å². The number of primary sulfonamides is 1. The number of benzene rings is 1. The molecule has 2 rings (SSSR count). The van der Waals surface area contributed by atoms with Gasteiger partial charge in [0.15, 0.2) is 5.82 Å². The van der Waals surface area contributed by atoms with Gasteiger partial charge in [0.2, 0.25) is 10.0 Å². The molecule has 2 N–H and O–H groups in total. The Kier molecular flexibility index (Phi) is 4.47. The average Bonchev–Trinajstić information content (AvgIpc) is 2.72. The quantitative estimate of drug-likeness (QED) is 0.801. The molecule has 0 aliphatic heterocycles. The normalized spacial score (nSPS) is 11.6. The van der Waals surface area contributed by atoms with Crippen LogP contribution in [0.1, 0.15) is 5.82 Å². The van der Waals surface area contributed by atoms with Gasteiger partial charge in [-0.1, -0.05) is 0 Å². The van der Waals surface area contributed by atoms with Crippen LogP contribution in [0.15, 0.2) is 32.3 Å². The van der Waals surface area contributed by atoms with E-state index in [9.17, 15) is 8.42 Å². The fourth-order valence-electron chi connectivity index (χ4n) is 1.43. The zero-order valence-electron chi connectivity index (χ0n) is 10.2. The smallest absolute Gasteiger partial charge is 0.238 e. The summed E-state index contributed by atoms with van der Waals surface area (Å²) in [5.74, 6) is 1.10. The van der Waals surface area contributed by atoms with Crippen molar-refractivity contribution in [2.24, 2.45) is 12.2 Å². The first kappa shape index (κ1) is 15.4. The Morgan fingerprint density at radius 1 is 1.35 bits per heavy atom. The number of aromatic nitrogens is 3. The topological polar surface area (TPSA) is 100 Å². The van der Waals surface area contributed by atoms with Crippen LogP contribution in [-0.4, -0.2) is 23.2 Å². The number of rotatable bonds is 4. The van der Waals surface area contributed by atoms with Gasteiger partial charge in [0.05, 0.1) is 13.8 Å². The highest BCUT2D eigenvalue weighted by atomic mass is 79.9. The molecule has 0 aliphatic carbocycles. The maximum absolute atomic E-state index is 11.3. The van der Waals surface area contributed by atoms with Crippen LogP contribution in [0.25, 0.3) is 0 Å². The molecule has 0 atom stereocenters. The van der Waals surface area contributed by atoms with Crippen LogP contribution in [-0.2, 0) is 23.7 Å². The third kappa shape index (κ3) is 3.37. The van der Waals surface area contributed by atoms with E-state index in [2.05, 4.69) is 41.9 Å². The van der Waals surface area contributed by atoms with Crippen molar-refractivity contribution in [2.45, 2.75) is 11.5 Å². The third-order valence-electron chi connectivity index (χ3n) is 2.45. The molecule has 7 nitrogen and oxygen atoms in total. The average molecular weight is 426 g/mol. The highest BCUT2D eigenvalue weighted by molar-refractivity contribution is 9.11. The molecule has 10 heteroatoms. The van der Waals surface area contributed by atoms with Crippen molar-refractivity contribution in [3.05, 3.63) is 33.2 Å². The van der Waals surface area contributed by atoms with Crippen LogP contribution in [0.5, 0.6) is 5.75 Å². The Morgan fingerprint density at radius 3 is 2.40 bits per heavy atom. The summed E-state index contributed by atoms with van der Waals surface area (Å²) in [5, 5.41) is 9.01. The number of ether oxygens (including phenoxy) is 1. The summed E-state index contributed by atoms with van der Waals surface area (Å²) in [6.07, 6.45) is 1.42. The number of halogens is 2. The molecule has 0 bridgehead atoms. The number of sulfonamides is 1. The molecule has 1 heterocycles. The number of aryl methyl sites for hydroxylation is 1. The highest BCUT2D eigenvalue weighted by Gasteiger charge is 2.16. The molecule has 0 saturated carbocycles. The van der Waals surface area contributed by atoms with Crippen molar-refractivity contribution in [1.29, 1.82) is 0 Å². The second-order valence-electron chi connectivity index (χ2n) is 3.85. The summed E-state index contributed by atoms with van der Waals surface area (Å²) in [5.41, 5.74) is 0. The first-order valence-electron chi connectivity index (χ1n) is 5.26. The molecular weight excluding hydrogens is 416 g/mol. The van der Waals surface area contributed by atoms with E-state index in [4.69, 9.17) is 9.88 Å². The zero-order valence-corrected chi connectivity index (χ0v) is 14.2. The van der Waals surface area contributed by atoms with Crippen molar-refractivity contribution in [3.63, 3.8) is 0 Å². The largest absolute Gasteiger partial charge is 0.483 e. The maximum Gasteiger partial charge on any atom is 0.238 e. The Bertz CT molecular complexity index is 722. The summed E-state index contributed by atoms with van der Waals surface area (Å²) < 4.78 is 30.8.